The number of hydrogen-bond donors (Lipinski definition) is 2. The quantitative estimate of drug-likeness (QED) is 0.411. The maximum atomic E-state index is 12.6. The van der Waals surface area contributed by atoms with E-state index in [0.29, 0.717) is 43.2 Å². The Morgan fingerprint density at radius 2 is 1.65 bits per heavy atom. The van der Waals surface area contributed by atoms with Crippen LogP contribution in [0.25, 0.3) is 11.3 Å². The number of carbonyl (C=O) groups excluding carboxylic acids is 1. The number of oxazole rings is 1. The summed E-state index contributed by atoms with van der Waals surface area (Å²) in [6, 6.07) is 14.4. The highest BCUT2D eigenvalue weighted by atomic mass is 16.5. The van der Waals surface area contributed by atoms with Crippen LogP contribution in [0.15, 0.2) is 75.1 Å². The standard InChI is InChI=1S/C27H22N4O6/c32-24-22(28-17-29-25(24)33)15-31-16-23(37-27(31)35)20-7-3-18(4-8-20)1-2-19-5-9-21(10-6-19)26(34)30-11-13-36-14-12-30/h3-10,16-17,32H,11-15H2,(H,28,29,33). The molecule has 1 fully saturated rings. The average molecular weight is 498 g/mol. The number of aromatic hydroxyl groups is 1. The summed E-state index contributed by atoms with van der Waals surface area (Å²) >= 11 is 0. The van der Waals surface area contributed by atoms with Gasteiger partial charge < -0.3 is 24.1 Å². The van der Waals surface area contributed by atoms with Crippen LogP contribution in [-0.2, 0) is 11.3 Å². The molecule has 1 saturated heterocycles. The van der Waals surface area contributed by atoms with Gasteiger partial charge in [-0.2, -0.15) is 0 Å². The molecule has 10 heteroatoms. The second kappa shape index (κ2) is 10.4. The third kappa shape index (κ3) is 5.37. The van der Waals surface area contributed by atoms with E-state index >= 15 is 0 Å². The lowest BCUT2D eigenvalue weighted by Crippen LogP contribution is -2.40. The molecule has 0 aliphatic carbocycles. The minimum absolute atomic E-state index is 0.00984. The molecule has 0 radical (unpaired) electrons. The molecule has 10 nitrogen and oxygen atoms in total. The number of ether oxygens (including phenoxy) is 1. The molecule has 0 atom stereocenters. The SMILES string of the molecule is O=C(c1ccc(C#Cc2ccc(-c3cn(Cc4nc[nH]c(=O)c4O)c(=O)o3)cc2)cc1)N1CCOCC1. The van der Waals surface area contributed by atoms with Crippen molar-refractivity contribution in [1.29, 1.82) is 0 Å². The number of benzene rings is 2. The second-order valence-corrected chi connectivity index (χ2v) is 8.33. The van der Waals surface area contributed by atoms with Crippen molar-refractivity contribution in [2.24, 2.45) is 0 Å². The molecule has 5 rings (SSSR count). The van der Waals surface area contributed by atoms with Gasteiger partial charge in [0.2, 0.25) is 5.75 Å². The number of H-pyrrole nitrogens is 1. The van der Waals surface area contributed by atoms with Gasteiger partial charge in [-0.3, -0.25) is 14.2 Å². The molecule has 186 valence electrons. The van der Waals surface area contributed by atoms with Crippen molar-refractivity contribution in [3.8, 4) is 28.9 Å². The van der Waals surface area contributed by atoms with E-state index in [2.05, 4.69) is 21.8 Å². The zero-order chi connectivity index (χ0) is 25.8. The van der Waals surface area contributed by atoms with Gasteiger partial charge in [-0.1, -0.05) is 11.8 Å². The van der Waals surface area contributed by atoms with Gasteiger partial charge in [0.1, 0.15) is 5.69 Å². The van der Waals surface area contributed by atoms with E-state index in [0.717, 1.165) is 17.5 Å². The van der Waals surface area contributed by atoms with E-state index in [1.54, 1.807) is 41.3 Å². The van der Waals surface area contributed by atoms with Gasteiger partial charge in [-0.15, -0.1) is 0 Å². The first kappa shape index (κ1) is 23.8. The predicted molar refractivity (Wildman–Crippen MR) is 133 cm³/mol. The van der Waals surface area contributed by atoms with Gasteiger partial charge in [0.15, 0.2) is 5.76 Å². The number of nitrogens with zero attached hydrogens (tertiary/aromatic N) is 3. The number of amides is 1. The minimum atomic E-state index is -0.684. The molecule has 3 heterocycles. The lowest BCUT2D eigenvalue weighted by Gasteiger charge is -2.26. The Labute approximate surface area is 210 Å². The van der Waals surface area contributed by atoms with Crippen LogP contribution in [0.4, 0.5) is 0 Å². The van der Waals surface area contributed by atoms with Crippen molar-refractivity contribution in [2.75, 3.05) is 26.3 Å². The van der Waals surface area contributed by atoms with Gasteiger partial charge in [-0.05, 0) is 48.5 Å². The normalized spacial score (nSPS) is 13.1. The van der Waals surface area contributed by atoms with E-state index in [9.17, 15) is 19.5 Å². The van der Waals surface area contributed by atoms with Crippen molar-refractivity contribution >= 4 is 5.91 Å². The van der Waals surface area contributed by atoms with Crippen molar-refractivity contribution in [1.82, 2.24) is 19.4 Å². The number of nitrogens with one attached hydrogen (secondary N) is 1. The van der Waals surface area contributed by atoms with Gasteiger partial charge in [-0.25, -0.2) is 9.78 Å². The number of morpholine rings is 1. The third-order valence-electron chi connectivity index (χ3n) is 5.88. The molecule has 0 saturated carbocycles. The average Bonchev–Trinajstić information content (AvgIpc) is 3.30. The Morgan fingerprint density at radius 3 is 2.32 bits per heavy atom. The first-order valence-corrected chi connectivity index (χ1v) is 11.5. The molecular weight excluding hydrogens is 476 g/mol. The molecule has 1 amide bonds. The zero-order valence-electron chi connectivity index (χ0n) is 19.6. The van der Waals surface area contributed by atoms with Gasteiger partial charge in [0.25, 0.3) is 11.5 Å². The summed E-state index contributed by atoms with van der Waals surface area (Å²) in [5, 5.41) is 9.84. The highest BCUT2D eigenvalue weighted by molar-refractivity contribution is 5.94. The van der Waals surface area contributed by atoms with E-state index in [1.165, 1.54) is 10.8 Å². The van der Waals surface area contributed by atoms with Crippen LogP contribution in [-0.4, -0.2) is 56.8 Å². The molecule has 1 aliphatic rings. The van der Waals surface area contributed by atoms with Gasteiger partial charge in [0.05, 0.1) is 32.3 Å². The molecule has 0 bridgehead atoms. The highest BCUT2D eigenvalue weighted by Crippen LogP contribution is 2.19. The summed E-state index contributed by atoms with van der Waals surface area (Å²) in [6.07, 6.45) is 2.65. The van der Waals surface area contributed by atoms with E-state index in [1.807, 2.05) is 12.1 Å². The summed E-state index contributed by atoms with van der Waals surface area (Å²) in [4.78, 5) is 44.3. The Bertz CT molecular complexity index is 1600. The summed E-state index contributed by atoms with van der Waals surface area (Å²) in [5.41, 5.74) is 2.20. The monoisotopic (exact) mass is 498 g/mol. The molecular formula is C27H22N4O6. The summed E-state index contributed by atoms with van der Waals surface area (Å²) in [5.74, 6) is 5.30. The number of rotatable bonds is 4. The number of aromatic amines is 1. The third-order valence-corrected chi connectivity index (χ3v) is 5.88. The van der Waals surface area contributed by atoms with Crippen LogP contribution in [0.5, 0.6) is 5.75 Å². The van der Waals surface area contributed by atoms with E-state index < -0.39 is 17.1 Å². The molecule has 4 aromatic rings. The fourth-order valence-corrected chi connectivity index (χ4v) is 3.83. The molecule has 2 N–H and O–H groups in total. The largest absolute Gasteiger partial charge is 0.502 e. The van der Waals surface area contributed by atoms with E-state index in [4.69, 9.17) is 9.15 Å². The minimum Gasteiger partial charge on any atom is -0.502 e. The molecule has 1 aliphatic heterocycles. The number of carbonyl (C=O) groups is 1. The van der Waals surface area contributed by atoms with Crippen molar-refractivity contribution in [2.45, 2.75) is 6.54 Å². The lowest BCUT2D eigenvalue weighted by atomic mass is 10.1. The lowest BCUT2D eigenvalue weighted by molar-refractivity contribution is 0.0303. The van der Waals surface area contributed by atoms with Crippen LogP contribution in [0.2, 0.25) is 0 Å². The maximum absolute atomic E-state index is 12.6. The van der Waals surface area contributed by atoms with Gasteiger partial charge in [0, 0.05) is 35.3 Å². The molecule has 37 heavy (non-hydrogen) atoms. The Hall–Kier alpha value is -4.88. The molecule has 2 aromatic carbocycles. The Kier molecular flexibility index (Phi) is 6.70. The summed E-state index contributed by atoms with van der Waals surface area (Å²) < 4.78 is 11.8. The Morgan fingerprint density at radius 1 is 1.00 bits per heavy atom. The van der Waals surface area contributed by atoms with Gasteiger partial charge >= 0.3 is 5.76 Å². The first-order valence-electron chi connectivity index (χ1n) is 11.5. The van der Waals surface area contributed by atoms with E-state index in [-0.39, 0.29) is 18.1 Å². The summed E-state index contributed by atoms with van der Waals surface area (Å²) in [7, 11) is 0. The highest BCUT2D eigenvalue weighted by Gasteiger charge is 2.18. The number of aromatic nitrogens is 3. The zero-order valence-corrected chi connectivity index (χ0v) is 19.6. The molecule has 0 unspecified atom stereocenters. The van der Waals surface area contributed by atoms with Crippen LogP contribution in [0, 0.1) is 11.8 Å². The van der Waals surface area contributed by atoms with Crippen molar-refractivity contribution < 1.29 is 19.1 Å². The summed E-state index contributed by atoms with van der Waals surface area (Å²) in [6.45, 7) is 2.20. The van der Waals surface area contributed by atoms with Crippen molar-refractivity contribution in [3.63, 3.8) is 0 Å². The Balaban J connectivity index is 1.26. The van der Waals surface area contributed by atoms with Crippen LogP contribution >= 0.6 is 0 Å². The van der Waals surface area contributed by atoms with Crippen LogP contribution in [0.3, 0.4) is 0 Å². The number of hydrogen-bond acceptors (Lipinski definition) is 7. The first-order chi connectivity index (χ1) is 18.0. The fourth-order valence-electron chi connectivity index (χ4n) is 3.83. The van der Waals surface area contributed by atoms with Crippen LogP contribution in [0.1, 0.15) is 27.2 Å². The topological polar surface area (TPSA) is 131 Å². The predicted octanol–water partition coefficient (Wildman–Crippen LogP) is 1.82. The van der Waals surface area contributed by atoms with Crippen molar-refractivity contribution in [3.05, 3.63) is 104 Å². The smallest absolute Gasteiger partial charge is 0.419 e. The molecule has 2 aromatic heterocycles. The second-order valence-electron chi connectivity index (χ2n) is 8.33. The maximum Gasteiger partial charge on any atom is 0.419 e. The van der Waals surface area contributed by atoms with Crippen LogP contribution < -0.4 is 11.3 Å². The fraction of sp³-hybridized carbons (Fsp3) is 0.185. The molecule has 0 spiro atoms.